The second-order valence-corrected chi connectivity index (χ2v) is 9.14. The molecule has 0 bridgehead atoms. The molecule has 1 aliphatic carbocycles. The van der Waals surface area contributed by atoms with Crippen molar-refractivity contribution in [3.8, 4) is 22.5 Å². The molecular weight excluding hydrogens is 400 g/mol. The van der Waals surface area contributed by atoms with E-state index in [1.165, 1.54) is 0 Å². The highest BCUT2D eigenvalue weighted by molar-refractivity contribution is 5.97. The van der Waals surface area contributed by atoms with Gasteiger partial charge in [-0.15, -0.1) is 0 Å². The quantitative estimate of drug-likeness (QED) is 0.492. The van der Waals surface area contributed by atoms with Crippen LogP contribution in [0.15, 0.2) is 36.7 Å². The number of benzene rings is 1. The fraction of sp³-hybridized carbons (Fsp3) is 0.360. The summed E-state index contributed by atoms with van der Waals surface area (Å²) in [5.41, 5.74) is 6.24. The van der Waals surface area contributed by atoms with Gasteiger partial charge in [0.2, 0.25) is 5.91 Å². The molecule has 1 aromatic carbocycles. The molecule has 32 heavy (non-hydrogen) atoms. The largest absolute Gasteiger partial charge is 0.338 e. The van der Waals surface area contributed by atoms with Crippen LogP contribution in [-0.4, -0.2) is 42.2 Å². The summed E-state index contributed by atoms with van der Waals surface area (Å²) < 4.78 is 4.07. The Kier molecular flexibility index (Phi) is 4.06. The van der Waals surface area contributed by atoms with Crippen molar-refractivity contribution >= 4 is 16.7 Å². The third-order valence-corrected chi connectivity index (χ3v) is 7.02. The van der Waals surface area contributed by atoms with Crippen LogP contribution in [0.5, 0.6) is 0 Å². The minimum Gasteiger partial charge on any atom is -0.338 e. The van der Waals surface area contributed by atoms with Crippen molar-refractivity contribution in [2.45, 2.75) is 45.2 Å². The lowest BCUT2D eigenvalue weighted by Crippen LogP contribution is -2.39. The van der Waals surface area contributed by atoms with Crippen molar-refractivity contribution in [2.75, 3.05) is 7.05 Å². The molecule has 4 aromatic rings. The predicted molar refractivity (Wildman–Crippen MR) is 123 cm³/mol. The number of carbonyl (C=O) groups excluding carboxylic acids is 1. The molecule has 3 aromatic heterocycles. The Morgan fingerprint density at radius 3 is 2.62 bits per heavy atom. The number of hydrogen-bond donors (Lipinski definition) is 0. The summed E-state index contributed by atoms with van der Waals surface area (Å²) in [7, 11) is 3.82. The van der Waals surface area contributed by atoms with Crippen LogP contribution in [0.3, 0.4) is 0 Å². The molecule has 7 nitrogen and oxygen atoms in total. The Morgan fingerprint density at radius 1 is 1.09 bits per heavy atom. The Bertz CT molecular complexity index is 1390. The maximum atomic E-state index is 12.7. The monoisotopic (exact) mass is 426 g/mol. The summed E-state index contributed by atoms with van der Waals surface area (Å²) in [6.07, 6.45) is 6.13. The zero-order valence-electron chi connectivity index (χ0n) is 18.8. The summed E-state index contributed by atoms with van der Waals surface area (Å²) in [5.74, 6) is 1.69. The van der Waals surface area contributed by atoms with Gasteiger partial charge in [0.1, 0.15) is 11.9 Å². The first-order chi connectivity index (χ1) is 15.4. The number of aryl methyl sites for hydroxylation is 1. The molecule has 1 atom stereocenters. The highest BCUT2D eigenvalue weighted by atomic mass is 16.2. The smallest absolute Gasteiger partial charge is 0.245 e. The van der Waals surface area contributed by atoms with Crippen molar-refractivity contribution < 1.29 is 4.79 Å². The maximum Gasteiger partial charge on any atom is 0.245 e. The molecular formula is C25H26N6O. The third-order valence-electron chi connectivity index (χ3n) is 7.02. The first-order valence-electron chi connectivity index (χ1n) is 11.2. The molecule has 1 fully saturated rings. The second-order valence-electron chi connectivity index (χ2n) is 9.14. The number of likely N-dealkylation sites (N-methyl/N-ethyl adjacent to an activating group) is 1. The van der Waals surface area contributed by atoms with Crippen molar-refractivity contribution in [1.82, 2.24) is 29.2 Å². The summed E-state index contributed by atoms with van der Waals surface area (Å²) >= 11 is 0. The van der Waals surface area contributed by atoms with Gasteiger partial charge in [0, 0.05) is 48.4 Å². The SMILES string of the molecule is Cc1c(-c2cc3cccc(-c4nc(C5CC5)n5c4CN(C)C(=O)C5C)c3cn2)cnn1C. The number of imidazole rings is 1. The average Bonchev–Trinajstić information content (AvgIpc) is 3.50. The van der Waals surface area contributed by atoms with Crippen molar-refractivity contribution in [3.05, 3.63) is 53.9 Å². The molecule has 7 heteroatoms. The van der Waals surface area contributed by atoms with Crippen LogP contribution < -0.4 is 0 Å². The molecule has 1 amide bonds. The molecule has 162 valence electrons. The van der Waals surface area contributed by atoms with Gasteiger partial charge < -0.3 is 9.47 Å². The molecule has 0 spiro atoms. The van der Waals surface area contributed by atoms with Crippen molar-refractivity contribution in [1.29, 1.82) is 0 Å². The van der Waals surface area contributed by atoms with E-state index in [1.54, 1.807) is 0 Å². The first-order valence-corrected chi connectivity index (χ1v) is 11.2. The maximum absolute atomic E-state index is 12.7. The predicted octanol–water partition coefficient (Wildman–Crippen LogP) is 4.22. The van der Waals surface area contributed by atoms with Gasteiger partial charge in [-0.1, -0.05) is 18.2 Å². The van der Waals surface area contributed by atoms with E-state index in [9.17, 15) is 4.79 Å². The molecule has 6 rings (SSSR count). The number of pyridine rings is 1. The van der Waals surface area contributed by atoms with Gasteiger partial charge in [-0.3, -0.25) is 14.5 Å². The lowest BCUT2D eigenvalue weighted by Gasteiger charge is -2.31. The Labute approximate surface area is 186 Å². The Hall–Kier alpha value is -3.48. The van der Waals surface area contributed by atoms with Gasteiger partial charge in [0.15, 0.2) is 0 Å². The third kappa shape index (κ3) is 2.73. The lowest BCUT2D eigenvalue weighted by molar-refractivity contribution is -0.135. The first kappa shape index (κ1) is 19.2. The molecule has 2 aliphatic rings. The Balaban J connectivity index is 1.53. The normalized spacial score (nSPS) is 18.4. The van der Waals surface area contributed by atoms with Gasteiger partial charge in [-0.05, 0) is 38.1 Å². The van der Waals surface area contributed by atoms with Crippen LogP contribution >= 0.6 is 0 Å². The Morgan fingerprint density at radius 2 is 1.91 bits per heavy atom. The van der Waals surface area contributed by atoms with Crippen LogP contribution in [0.4, 0.5) is 0 Å². The van der Waals surface area contributed by atoms with E-state index in [0.29, 0.717) is 12.5 Å². The van der Waals surface area contributed by atoms with Crippen molar-refractivity contribution in [2.24, 2.45) is 7.05 Å². The van der Waals surface area contributed by atoms with Gasteiger partial charge in [0.05, 0.1) is 29.8 Å². The van der Waals surface area contributed by atoms with Crippen LogP contribution in [-0.2, 0) is 18.4 Å². The van der Waals surface area contributed by atoms with E-state index in [0.717, 1.165) is 63.3 Å². The summed E-state index contributed by atoms with van der Waals surface area (Å²) in [6, 6.07) is 8.25. The van der Waals surface area contributed by atoms with Gasteiger partial charge in [-0.25, -0.2) is 4.98 Å². The summed E-state index contributed by atoms with van der Waals surface area (Å²) in [6.45, 7) is 4.63. The van der Waals surface area contributed by atoms with E-state index >= 15 is 0 Å². The fourth-order valence-corrected chi connectivity index (χ4v) is 4.92. The highest BCUT2D eigenvalue weighted by Crippen LogP contribution is 2.45. The fourth-order valence-electron chi connectivity index (χ4n) is 4.92. The number of carbonyl (C=O) groups is 1. The summed E-state index contributed by atoms with van der Waals surface area (Å²) in [5, 5.41) is 6.56. The number of amides is 1. The number of nitrogens with zero attached hydrogens (tertiary/aromatic N) is 6. The van der Waals surface area contributed by atoms with Gasteiger partial charge in [-0.2, -0.15) is 5.10 Å². The molecule has 0 N–H and O–H groups in total. The highest BCUT2D eigenvalue weighted by Gasteiger charge is 2.38. The van der Waals surface area contributed by atoms with Crippen molar-refractivity contribution in [3.63, 3.8) is 0 Å². The molecule has 1 unspecified atom stereocenters. The van der Waals surface area contributed by atoms with Crippen LogP contribution in [0.25, 0.3) is 33.3 Å². The number of rotatable bonds is 3. The minimum absolute atomic E-state index is 0.152. The molecule has 4 heterocycles. The topological polar surface area (TPSA) is 68.8 Å². The van der Waals surface area contributed by atoms with E-state index < -0.39 is 0 Å². The molecule has 0 radical (unpaired) electrons. The second kappa shape index (κ2) is 6.76. The average molecular weight is 427 g/mol. The lowest BCUT2D eigenvalue weighted by atomic mass is 10.00. The number of hydrogen-bond acceptors (Lipinski definition) is 4. The molecule has 0 saturated heterocycles. The zero-order valence-corrected chi connectivity index (χ0v) is 18.8. The molecule has 1 aliphatic heterocycles. The van der Waals surface area contributed by atoms with E-state index in [2.05, 4.69) is 40.9 Å². The zero-order chi connectivity index (χ0) is 22.1. The number of aromatic nitrogens is 5. The molecule has 1 saturated carbocycles. The number of fused-ring (bicyclic) bond motifs is 2. The standard InChI is InChI=1S/C25H26N6O/c1-14-19(12-27-30(14)4)21-10-17-6-5-7-18(20(17)11-26-21)23-22-13-29(3)25(32)15(2)31(22)24(28-23)16-8-9-16/h5-7,10-12,15-16H,8-9,13H2,1-4H3. The van der Waals surface area contributed by atoms with Gasteiger partial charge in [0.25, 0.3) is 0 Å². The van der Waals surface area contributed by atoms with E-state index in [4.69, 9.17) is 9.97 Å². The van der Waals surface area contributed by atoms with Crippen LogP contribution in [0.2, 0.25) is 0 Å². The van der Waals surface area contributed by atoms with Crippen LogP contribution in [0.1, 0.15) is 48.9 Å². The minimum atomic E-state index is -0.214. The summed E-state index contributed by atoms with van der Waals surface area (Å²) in [4.78, 5) is 24.4. The van der Waals surface area contributed by atoms with Gasteiger partial charge >= 0.3 is 0 Å². The van der Waals surface area contributed by atoms with E-state index in [1.807, 2.05) is 43.0 Å². The van der Waals surface area contributed by atoms with Crippen LogP contribution in [0, 0.1) is 6.92 Å². The van der Waals surface area contributed by atoms with E-state index in [-0.39, 0.29) is 11.9 Å².